The molecule has 6 atom stereocenters. The molecule has 0 aromatic heterocycles. The number of fused-ring (bicyclic) bond motifs is 1. The molecule has 2 aromatic rings. The van der Waals surface area contributed by atoms with Gasteiger partial charge >= 0.3 is 5.97 Å². The van der Waals surface area contributed by atoms with Gasteiger partial charge in [-0.3, -0.25) is 24.0 Å². The van der Waals surface area contributed by atoms with Crippen LogP contribution in [0, 0.1) is 41.4 Å². The van der Waals surface area contributed by atoms with E-state index in [1.165, 1.54) is 0 Å². The van der Waals surface area contributed by atoms with Gasteiger partial charge in [-0.2, -0.15) is 0 Å². The second kappa shape index (κ2) is 15.9. The molecular formula is C48H60O8. The maximum atomic E-state index is 14.9. The molecule has 6 rings (SSSR count). The van der Waals surface area contributed by atoms with Crippen molar-refractivity contribution in [1.29, 1.82) is 0 Å². The minimum atomic E-state index is -0.778. The van der Waals surface area contributed by atoms with Crippen molar-refractivity contribution in [1.82, 2.24) is 0 Å². The van der Waals surface area contributed by atoms with Crippen LogP contribution in [0.3, 0.4) is 0 Å². The summed E-state index contributed by atoms with van der Waals surface area (Å²) < 4.78 is 18.6. The van der Waals surface area contributed by atoms with E-state index in [0.717, 1.165) is 64.5 Å². The van der Waals surface area contributed by atoms with Crippen molar-refractivity contribution < 1.29 is 38.2 Å². The number of Topliss-reactive ketones (excluding diaryl/α,β-unsaturated/α-hetero) is 4. The average Bonchev–Trinajstić information content (AvgIpc) is 3.46. The Morgan fingerprint density at radius 2 is 1.68 bits per heavy atom. The van der Waals surface area contributed by atoms with Crippen LogP contribution in [-0.2, 0) is 28.7 Å². The molecule has 3 saturated carbocycles. The number of carbonyl (C=O) groups is 5. The Labute approximate surface area is 332 Å². The molecule has 8 heteroatoms. The lowest BCUT2D eigenvalue weighted by molar-refractivity contribution is -0.161. The summed E-state index contributed by atoms with van der Waals surface area (Å²) in [5.74, 6) is -1.25. The third kappa shape index (κ3) is 8.50. The molecule has 2 aromatic carbocycles. The van der Waals surface area contributed by atoms with Gasteiger partial charge in [0.1, 0.15) is 46.3 Å². The molecule has 0 spiro atoms. The Morgan fingerprint density at radius 3 is 2.29 bits per heavy atom. The molecule has 0 aliphatic heterocycles. The number of aryl methyl sites for hydroxylation is 1. The fourth-order valence-electron chi connectivity index (χ4n) is 9.79. The molecule has 8 nitrogen and oxygen atoms in total. The second-order valence-electron chi connectivity index (χ2n) is 18.5. The van der Waals surface area contributed by atoms with Gasteiger partial charge in [-0.1, -0.05) is 44.6 Å². The number of methoxy groups -OCH3 is 1. The lowest BCUT2D eigenvalue weighted by Gasteiger charge is -2.33. The van der Waals surface area contributed by atoms with Crippen molar-refractivity contribution in [2.75, 3.05) is 7.11 Å². The van der Waals surface area contributed by atoms with Gasteiger partial charge in [-0.05, 0) is 137 Å². The molecule has 0 bridgehead atoms. The van der Waals surface area contributed by atoms with E-state index in [1.54, 1.807) is 27.0 Å². The van der Waals surface area contributed by atoms with Crippen molar-refractivity contribution in [3.05, 3.63) is 65.8 Å². The van der Waals surface area contributed by atoms with E-state index in [-0.39, 0.29) is 47.9 Å². The molecule has 3 fully saturated rings. The number of allylic oxidation sites excluding steroid dienone is 5. The summed E-state index contributed by atoms with van der Waals surface area (Å²) in [6, 6.07) is 8.04. The zero-order valence-corrected chi connectivity index (χ0v) is 34.7. The molecule has 4 aliphatic carbocycles. The van der Waals surface area contributed by atoms with Gasteiger partial charge < -0.3 is 14.2 Å². The van der Waals surface area contributed by atoms with Crippen LogP contribution in [-0.4, -0.2) is 47.9 Å². The van der Waals surface area contributed by atoms with Crippen molar-refractivity contribution in [3.8, 4) is 11.5 Å². The highest BCUT2D eigenvalue weighted by atomic mass is 16.6. The van der Waals surface area contributed by atoms with Crippen LogP contribution >= 0.6 is 0 Å². The summed E-state index contributed by atoms with van der Waals surface area (Å²) in [5, 5.41) is 1.84. The number of ketones is 4. The second-order valence-corrected chi connectivity index (χ2v) is 18.5. The first-order valence-corrected chi connectivity index (χ1v) is 20.5. The first kappa shape index (κ1) is 41.3. The maximum Gasteiger partial charge on any atom is 0.307 e. The zero-order chi connectivity index (χ0) is 40.7. The van der Waals surface area contributed by atoms with E-state index in [9.17, 15) is 24.0 Å². The quantitative estimate of drug-likeness (QED) is 0.123. The lowest BCUT2D eigenvalue weighted by Crippen LogP contribution is -2.40. The average molecular weight is 765 g/mol. The smallest absolute Gasteiger partial charge is 0.307 e. The Hall–Kier alpha value is -4.33. The first-order chi connectivity index (χ1) is 26.4. The fourth-order valence-corrected chi connectivity index (χ4v) is 9.79. The van der Waals surface area contributed by atoms with Crippen molar-refractivity contribution >= 4 is 45.4 Å². The highest BCUT2D eigenvalue weighted by molar-refractivity contribution is 5.98. The molecule has 0 heterocycles. The summed E-state index contributed by atoms with van der Waals surface area (Å²) in [6.07, 6.45) is 11.4. The molecule has 6 unspecified atom stereocenters. The topological polar surface area (TPSA) is 113 Å². The van der Waals surface area contributed by atoms with Gasteiger partial charge in [0.15, 0.2) is 0 Å². The molecule has 0 N–H and O–H groups in total. The van der Waals surface area contributed by atoms with Gasteiger partial charge in [0.2, 0.25) is 0 Å². The van der Waals surface area contributed by atoms with Gasteiger partial charge in [-0.15, -0.1) is 6.58 Å². The third-order valence-corrected chi connectivity index (χ3v) is 13.3. The number of benzene rings is 2. The first-order valence-electron chi connectivity index (χ1n) is 20.5. The highest BCUT2D eigenvalue weighted by Crippen LogP contribution is 2.58. The predicted octanol–water partition coefficient (Wildman–Crippen LogP) is 9.86. The Bertz CT molecular complexity index is 2000. The summed E-state index contributed by atoms with van der Waals surface area (Å²) >= 11 is 0. The minimum absolute atomic E-state index is 0.0315. The number of hydrogen-bond acceptors (Lipinski definition) is 8. The highest BCUT2D eigenvalue weighted by Gasteiger charge is 2.59. The van der Waals surface area contributed by atoms with Crippen LogP contribution in [0.15, 0.2) is 54.6 Å². The van der Waals surface area contributed by atoms with E-state index in [0.29, 0.717) is 37.9 Å². The minimum Gasteiger partial charge on any atom is -0.496 e. The molecule has 300 valence electrons. The summed E-state index contributed by atoms with van der Waals surface area (Å²) in [5.41, 5.74) is 2.09. The largest absolute Gasteiger partial charge is 0.496 e. The van der Waals surface area contributed by atoms with Crippen LogP contribution in [0.25, 0.3) is 16.3 Å². The van der Waals surface area contributed by atoms with Crippen molar-refractivity contribution in [2.45, 2.75) is 131 Å². The van der Waals surface area contributed by atoms with Gasteiger partial charge in [0.25, 0.3) is 0 Å². The Kier molecular flexibility index (Phi) is 11.7. The van der Waals surface area contributed by atoms with E-state index < -0.39 is 40.3 Å². The monoisotopic (exact) mass is 764 g/mol. The molecule has 56 heavy (non-hydrogen) atoms. The van der Waals surface area contributed by atoms with Crippen molar-refractivity contribution in [3.63, 3.8) is 0 Å². The van der Waals surface area contributed by atoms with E-state index in [1.807, 2.05) is 52.8 Å². The number of ether oxygens (including phenoxy) is 3. The molecule has 0 saturated heterocycles. The SMILES string of the molecule is C=CC1CC1(CC(=O)C1CC(Oc2cc(C3=CCC(CC(C)=O)=C3)cc3c(C)c(OC)ccc23)CC1C(=O)C(CC(=O)OC1(C)CCCC1)C(C)(C)C)C(C)=O. The summed E-state index contributed by atoms with van der Waals surface area (Å²) in [4.78, 5) is 67.7. The van der Waals surface area contributed by atoms with Crippen LogP contribution in [0.2, 0.25) is 0 Å². The van der Waals surface area contributed by atoms with Crippen molar-refractivity contribution in [2.24, 2.45) is 34.5 Å². The predicted molar refractivity (Wildman–Crippen MR) is 218 cm³/mol. The van der Waals surface area contributed by atoms with Crippen LogP contribution < -0.4 is 9.47 Å². The fraction of sp³-hybridized carbons (Fsp3) is 0.562. The van der Waals surface area contributed by atoms with Gasteiger partial charge in [0.05, 0.1) is 13.5 Å². The van der Waals surface area contributed by atoms with Crippen LogP contribution in [0.5, 0.6) is 11.5 Å². The van der Waals surface area contributed by atoms with Gasteiger partial charge in [0, 0.05) is 41.4 Å². The Balaban J connectivity index is 1.34. The molecule has 4 aliphatic rings. The van der Waals surface area contributed by atoms with E-state index >= 15 is 0 Å². The number of carbonyl (C=O) groups excluding carboxylic acids is 5. The number of hydrogen-bond donors (Lipinski definition) is 0. The van der Waals surface area contributed by atoms with Gasteiger partial charge in [-0.25, -0.2) is 0 Å². The zero-order valence-electron chi connectivity index (χ0n) is 34.7. The number of rotatable bonds is 16. The van der Waals surface area contributed by atoms with Crippen LogP contribution in [0.4, 0.5) is 0 Å². The molecular weight excluding hydrogens is 705 g/mol. The molecule has 0 amide bonds. The normalized spacial score (nSPS) is 25.9. The summed E-state index contributed by atoms with van der Waals surface area (Å²) in [7, 11) is 1.65. The maximum absolute atomic E-state index is 14.9. The lowest BCUT2D eigenvalue weighted by atomic mass is 9.70. The summed E-state index contributed by atoms with van der Waals surface area (Å²) in [6.45, 7) is 16.9. The Morgan fingerprint density at radius 1 is 0.982 bits per heavy atom. The third-order valence-electron chi connectivity index (χ3n) is 13.3. The van der Waals surface area contributed by atoms with E-state index in [2.05, 4.69) is 24.8 Å². The van der Waals surface area contributed by atoms with Crippen LogP contribution in [0.1, 0.15) is 123 Å². The standard InChI is InChI=1S/C48H60O8/c1-10-34-26-48(34,30(4)50)27-41(51)38-23-35(24-39(38)45(53)40(46(5,6)7)25-44(52)56-47(8)17-11-12-18-47)55-43-22-33(32-14-13-31(20-32)19-28(2)49)21-37-29(3)42(54-9)16-15-36(37)43/h10,14-16,20-22,34-35,38-40H,1,11-13,17-19,23-27H2,2-9H3. The van der Waals surface area contributed by atoms with E-state index in [4.69, 9.17) is 14.2 Å². The number of esters is 1. The molecule has 0 radical (unpaired) electrons.